The number of piperidine rings is 1. The summed E-state index contributed by atoms with van der Waals surface area (Å²) in [6.07, 6.45) is 2.40. The molecule has 0 saturated carbocycles. The van der Waals surface area contributed by atoms with Crippen molar-refractivity contribution in [1.82, 2.24) is 15.5 Å². The topological polar surface area (TPSA) is 126 Å². The molecule has 1 atom stereocenters. The number of carbonyl (C=O) groups is 3. The van der Waals surface area contributed by atoms with Crippen molar-refractivity contribution < 1.29 is 19.1 Å². The van der Waals surface area contributed by atoms with E-state index in [9.17, 15) is 14.4 Å². The Morgan fingerprint density at radius 1 is 1.31 bits per heavy atom. The zero-order chi connectivity index (χ0) is 20.6. The summed E-state index contributed by atoms with van der Waals surface area (Å²) in [7, 11) is 0. The lowest BCUT2D eigenvalue weighted by Crippen LogP contribution is -2.50. The molecule has 158 valence electrons. The highest BCUT2D eigenvalue weighted by atomic mass is 16.5. The Morgan fingerprint density at radius 3 is 2.97 bits per heavy atom. The van der Waals surface area contributed by atoms with Crippen LogP contribution in [0.3, 0.4) is 0 Å². The number of rotatable bonds is 10. The Bertz CT molecular complexity index is 754. The van der Waals surface area contributed by atoms with Crippen molar-refractivity contribution in [2.45, 2.75) is 31.8 Å². The molecule has 1 saturated heterocycles. The van der Waals surface area contributed by atoms with E-state index in [1.165, 1.54) is 0 Å². The fourth-order valence-corrected chi connectivity index (χ4v) is 3.62. The molecule has 0 aromatic heterocycles. The lowest BCUT2D eigenvalue weighted by atomic mass is 10.1. The molecule has 0 bridgehead atoms. The number of anilines is 1. The summed E-state index contributed by atoms with van der Waals surface area (Å²) in [5.41, 5.74) is 7.28. The smallest absolute Gasteiger partial charge is 0.255 e. The van der Waals surface area contributed by atoms with Crippen LogP contribution < -0.4 is 21.7 Å². The number of benzene rings is 1. The third-order valence-corrected chi connectivity index (χ3v) is 5.12. The number of ether oxygens (including phenoxy) is 1. The summed E-state index contributed by atoms with van der Waals surface area (Å²) in [5, 5.41) is 8.82. The van der Waals surface area contributed by atoms with E-state index in [1.807, 2.05) is 0 Å². The van der Waals surface area contributed by atoms with E-state index >= 15 is 0 Å². The zero-order valence-corrected chi connectivity index (χ0v) is 16.5. The van der Waals surface area contributed by atoms with Gasteiger partial charge in [-0.1, -0.05) is 6.07 Å². The maximum Gasteiger partial charge on any atom is 0.255 e. The fourth-order valence-electron chi connectivity index (χ4n) is 3.62. The molecule has 3 amide bonds. The highest BCUT2D eigenvalue weighted by molar-refractivity contribution is 6.04. The number of nitrogens with one attached hydrogen (secondary N) is 3. The van der Waals surface area contributed by atoms with Crippen molar-refractivity contribution in [3.8, 4) is 0 Å². The second-order valence-electron chi connectivity index (χ2n) is 7.21. The third-order valence-electron chi connectivity index (χ3n) is 5.12. The minimum Gasteiger partial charge on any atom is -0.370 e. The van der Waals surface area contributed by atoms with Gasteiger partial charge in [0, 0.05) is 36.4 Å². The van der Waals surface area contributed by atoms with Crippen LogP contribution in [0, 0.1) is 0 Å². The van der Waals surface area contributed by atoms with Gasteiger partial charge in [-0.25, -0.2) is 0 Å². The molecular formula is C20H29N5O4. The third kappa shape index (κ3) is 5.31. The second kappa shape index (κ2) is 10.3. The van der Waals surface area contributed by atoms with Crippen molar-refractivity contribution in [2.75, 3.05) is 44.7 Å². The number of fused-ring (bicyclic) bond motifs is 1. The van der Waals surface area contributed by atoms with Crippen LogP contribution in [0.4, 0.5) is 5.69 Å². The Hall–Kier alpha value is -2.49. The van der Waals surface area contributed by atoms with Gasteiger partial charge in [-0.05, 0) is 44.5 Å². The summed E-state index contributed by atoms with van der Waals surface area (Å²) < 4.78 is 5.38. The number of nitrogens with two attached hydrogens (primary N) is 1. The van der Waals surface area contributed by atoms with Gasteiger partial charge >= 0.3 is 0 Å². The first kappa shape index (κ1) is 21.2. The largest absolute Gasteiger partial charge is 0.370 e. The number of carbonyl (C=O) groups excluding carboxylic acids is 3. The van der Waals surface area contributed by atoms with E-state index in [0.29, 0.717) is 50.5 Å². The summed E-state index contributed by atoms with van der Waals surface area (Å²) in [5.74, 6) is -0.559. The summed E-state index contributed by atoms with van der Waals surface area (Å²) in [4.78, 5) is 38.8. The van der Waals surface area contributed by atoms with E-state index in [0.717, 1.165) is 24.9 Å². The molecule has 0 aliphatic carbocycles. The van der Waals surface area contributed by atoms with Crippen LogP contribution in [-0.2, 0) is 20.9 Å². The monoisotopic (exact) mass is 403 g/mol. The molecular weight excluding hydrogens is 374 g/mol. The Labute approximate surface area is 170 Å². The van der Waals surface area contributed by atoms with E-state index in [1.54, 1.807) is 23.1 Å². The molecule has 2 aliphatic rings. The molecule has 29 heavy (non-hydrogen) atoms. The minimum absolute atomic E-state index is 0.0646. The standard InChI is InChI=1S/C20H29N5O4/c21-7-3-8-22-10-11-29-13-18(26)24-16-5-1-4-14-15(16)12-25(20(14)28)17-6-2-9-23-19(17)27/h1,4-5,17,22H,2-3,6-13,21H2,(H,23,27)(H,24,26). The highest BCUT2D eigenvalue weighted by Crippen LogP contribution is 2.32. The molecule has 0 radical (unpaired) electrons. The average Bonchev–Trinajstić information content (AvgIpc) is 3.05. The van der Waals surface area contributed by atoms with Crippen molar-refractivity contribution in [3.63, 3.8) is 0 Å². The minimum atomic E-state index is -0.456. The Kier molecular flexibility index (Phi) is 7.56. The molecule has 9 heteroatoms. The lowest BCUT2D eigenvalue weighted by molar-refractivity contribution is -0.127. The van der Waals surface area contributed by atoms with Gasteiger partial charge in [-0.3, -0.25) is 14.4 Å². The molecule has 1 unspecified atom stereocenters. The number of amides is 3. The molecule has 2 aliphatic heterocycles. The second-order valence-corrected chi connectivity index (χ2v) is 7.21. The van der Waals surface area contributed by atoms with Crippen LogP contribution in [0.5, 0.6) is 0 Å². The first-order valence-electron chi connectivity index (χ1n) is 10.1. The van der Waals surface area contributed by atoms with Crippen molar-refractivity contribution in [3.05, 3.63) is 29.3 Å². The van der Waals surface area contributed by atoms with Gasteiger partial charge in [0.25, 0.3) is 5.91 Å². The van der Waals surface area contributed by atoms with Gasteiger partial charge in [-0.2, -0.15) is 0 Å². The van der Waals surface area contributed by atoms with Gasteiger partial charge in [0.1, 0.15) is 12.6 Å². The summed E-state index contributed by atoms with van der Waals surface area (Å²) in [6, 6.07) is 4.78. The van der Waals surface area contributed by atoms with Gasteiger partial charge < -0.3 is 31.3 Å². The normalized spacial score (nSPS) is 18.5. The molecule has 9 nitrogen and oxygen atoms in total. The van der Waals surface area contributed by atoms with Crippen LogP contribution in [0.15, 0.2) is 18.2 Å². The van der Waals surface area contributed by atoms with Gasteiger partial charge in [0.15, 0.2) is 0 Å². The molecule has 0 spiro atoms. The van der Waals surface area contributed by atoms with E-state index in [-0.39, 0.29) is 24.3 Å². The molecule has 3 rings (SSSR count). The summed E-state index contributed by atoms with van der Waals surface area (Å²) >= 11 is 0. The van der Waals surface area contributed by atoms with Gasteiger partial charge in [0.2, 0.25) is 11.8 Å². The van der Waals surface area contributed by atoms with Crippen LogP contribution in [-0.4, -0.2) is 68.1 Å². The summed E-state index contributed by atoms with van der Waals surface area (Å²) in [6.45, 7) is 3.44. The molecule has 1 aromatic carbocycles. The van der Waals surface area contributed by atoms with Crippen molar-refractivity contribution in [1.29, 1.82) is 0 Å². The predicted molar refractivity (Wildman–Crippen MR) is 108 cm³/mol. The molecule has 2 heterocycles. The average molecular weight is 403 g/mol. The SMILES string of the molecule is NCCCNCCOCC(=O)Nc1cccc2c1CN(C1CCCNC1=O)C2=O. The molecule has 1 fully saturated rings. The maximum atomic E-state index is 12.8. The van der Waals surface area contributed by atoms with Crippen LogP contribution >= 0.6 is 0 Å². The van der Waals surface area contributed by atoms with Crippen molar-refractivity contribution in [2.24, 2.45) is 5.73 Å². The van der Waals surface area contributed by atoms with Gasteiger partial charge in [0.05, 0.1) is 6.61 Å². The van der Waals surface area contributed by atoms with E-state index in [2.05, 4.69) is 16.0 Å². The van der Waals surface area contributed by atoms with Crippen molar-refractivity contribution >= 4 is 23.4 Å². The number of hydrogen-bond donors (Lipinski definition) is 4. The zero-order valence-electron chi connectivity index (χ0n) is 16.5. The molecule has 1 aromatic rings. The van der Waals surface area contributed by atoms with Crippen LogP contribution in [0.25, 0.3) is 0 Å². The fraction of sp³-hybridized carbons (Fsp3) is 0.550. The van der Waals surface area contributed by atoms with Gasteiger partial charge in [-0.15, -0.1) is 0 Å². The van der Waals surface area contributed by atoms with E-state index < -0.39 is 6.04 Å². The van der Waals surface area contributed by atoms with E-state index in [4.69, 9.17) is 10.5 Å². The Morgan fingerprint density at radius 2 is 2.17 bits per heavy atom. The maximum absolute atomic E-state index is 12.8. The highest BCUT2D eigenvalue weighted by Gasteiger charge is 2.38. The first-order chi connectivity index (χ1) is 14.1. The number of hydrogen-bond acceptors (Lipinski definition) is 6. The predicted octanol–water partition coefficient (Wildman–Crippen LogP) is -0.185. The quantitative estimate of drug-likeness (QED) is 0.402. The lowest BCUT2D eigenvalue weighted by Gasteiger charge is -2.30. The Balaban J connectivity index is 1.53. The first-order valence-corrected chi connectivity index (χ1v) is 10.1. The van der Waals surface area contributed by atoms with Crippen LogP contribution in [0.1, 0.15) is 35.2 Å². The number of nitrogens with zero attached hydrogens (tertiary/aromatic N) is 1. The molecule has 5 N–H and O–H groups in total. The van der Waals surface area contributed by atoms with Crippen LogP contribution in [0.2, 0.25) is 0 Å².